The monoisotopic (exact) mass is 300 g/mol. The van der Waals surface area contributed by atoms with Crippen LogP contribution in [0.15, 0.2) is 0 Å². The van der Waals surface area contributed by atoms with Crippen molar-refractivity contribution in [1.29, 1.82) is 0 Å². The second-order valence-electron chi connectivity index (χ2n) is 6.04. The van der Waals surface area contributed by atoms with Crippen LogP contribution < -0.4 is 5.32 Å². The number of likely N-dealkylation sites (N-methyl/N-ethyl adjacent to an activating group) is 1. The highest BCUT2D eigenvalue weighted by molar-refractivity contribution is 5.74. The van der Waals surface area contributed by atoms with Crippen molar-refractivity contribution in [2.45, 2.75) is 58.1 Å². The molecule has 0 spiro atoms. The number of nitrogens with one attached hydrogen (secondary N) is 1. The van der Waals surface area contributed by atoms with Gasteiger partial charge in [0, 0.05) is 26.2 Å². The van der Waals surface area contributed by atoms with Gasteiger partial charge in [-0.3, -0.25) is 4.79 Å². The molecule has 6 heteroatoms. The molecule has 0 bridgehead atoms. The van der Waals surface area contributed by atoms with Gasteiger partial charge < -0.3 is 20.1 Å². The third-order valence-corrected chi connectivity index (χ3v) is 3.91. The molecule has 122 valence electrons. The van der Waals surface area contributed by atoms with Crippen molar-refractivity contribution < 1.29 is 19.4 Å². The Hall–Kier alpha value is -1.30. The zero-order chi connectivity index (χ0) is 15.8. The number of urea groups is 1. The first kappa shape index (κ1) is 17.8. The lowest BCUT2D eigenvalue weighted by Gasteiger charge is -2.23. The molecular weight excluding hydrogens is 272 g/mol. The molecule has 0 aromatic heterocycles. The molecule has 0 saturated carbocycles. The Kier molecular flexibility index (Phi) is 7.50. The second-order valence-corrected chi connectivity index (χ2v) is 6.04. The fourth-order valence-corrected chi connectivity index (χ4v) is 2.42. The average Bonchev–Trinajstić information content (AvgIpc) is 2.91. The summed E-state index contributed by atoms with van der Waals surface area (Å²) in [6.45, 7) is 5.07. The van der Waals surface area contributed by atoms with E-state index >= 15 is 0 Å². The SMILES string of the molecule is CC(CCCC(C)C(=O)O)NC(=O)N(C)CC1CCCO1. The lowest BCUT2D eigenvalue weighted by molar-refractivity contribution is -0.141. The molecule has 0 radical (unpaired) electrons. The molecule has 1 aliphatic rings. The zero-order valence-corrected chi connectivity index (χ0v) is 13.3. The average molecular weight is 300 g/mol. The summed E-state index contributed by atoms with van der Waals surface area (Å²) >= 11 is 0. The summed E-state index contributed by atoms with van der Waals surface area (Å²) in [5, 5.41) is 11.8. The molecule has 0 aromatic carbocycles. The summed E-state index contributed by atoms with van der Waals surface area (Å²) in [5.41, 5.74) is 0. The largest absolute Gasteiger partial charge is 0.481 e. The van der Waals surface area contributed by atoms with Crippen LogP contribution in [0.1, 0.15) is 46.0 Å². The Morgan fingerprint density at radius 2 is 2.10 bits per heavy atom. The summed E-state index contributed by atoms with van der Waals surface area (Å²) in [4.78, 5) is 24.4. The Labute approximate surface area is 126 Å². The standard InChI is InChI=1S/C15H28N2O4/c1-11(14(18)19)6-4-7-12(2)16-15(20)17(3)10-13-8-5-9-21-13/h11-13H,4-10H2,1-3H3,(H,16,20)(H,18,19). The van der Waals surface area contributed by atoms with Gasteiger partial charge in [-0.15, -0.1) is 0 Å². The van der Waals surface area contributed by atoms with Crippen molar-refractivity contribution in [1.82, 2.24) is 10.2 Å². The van der Waals surface area contributed by atoms with Crippen molar-refractivity contribution >= 4 is 12.0 Å². The van der Waals surface area contributed by atoms with Crippen LogP contribution in [0.25, 0.3) is 0 Å². The van der Waals surface area contributed by atoms with Crippen LogP contribution in [-0.2, 0) is 9.53 Å². The number of carbonyl (C=O) groups excluding carboxylic acids is 1. The number of carbonyl (C=O) groups is 2. The topological polar surface area (TPSA) is 78.9 Å². The molecule has 3 atom stereocenters. The Morgan fingerprint density at radius 3 is 2.67 bits per heavy atom. The quantitative estimate of drug-likeness (QED) is 0.719. The van der Waals surface area contributed by atoms with Gasteiger partial charge in [-0.25, -0.2) is 4.79 Å². The van der Waals surface area contributed by atoms with Crippen LogP contribution in [0.5, 0.6) is 0 Å². The Balaban J connectivity index is 2.18. The number of nitrogens with zero attached hydrogens (tertiary/aromatic N) is 1. The predicted molar refractivity (Wildman–Crippen MR) is 80.2 cm³/mol. The van der Waals surface area contributed by atoms with Gasteiger partial charge in [0.05, 0.1) is 12.0 Å². The molecule has 6 nitrogen and oxygen atoms in total. The Morgan fingerprint density at radius 1 is 1.38 bits per heavy atom. The molecule has 1 saturated heterocycles. The van der Waals surface area contributed by atoms with E-state index in [1.165, 1.54) is 0 Å². The molecule has 3 unspecified atom stereocenters. The van der Waals surface area contributed by atoms with Crippen molar-refractivity contribution in [3.05, 3.63) is 0 Å². The number of carboxylic acid groups (broad SMARTS) is 1. The summed E-state index contributed by atoms with van der Waals surface area (Å²) in [6, 6.07) is -0.0466. The number of ether oxygens (including phenoxy) is 1. The van der Waals surface area contributed by atoms with Gasteiger partial charge in [0.2, 0.25) is 0 Å². The number of hydrogen-bond acceptors (Lipinski definition) is 3. The Bertz CT molecular complexity index is 343. The van der Waals surface area contributed by atoms with Crippen molar-refractivity contribution in [3.8, 4) is 0 Å². The van der Waals surface area contributed by atoms with E-state index in [4.69, 9.17) is 9.84 Å². The number of aliphatic carboxylic acids is 1. The summed E-state index contributed by atoms with van der Waals surface area (Å²) in [7, 11) is 1.77. The highest BCUT2D eigenvalue weighted by Crippen LogP contribution is 2.13. The van der Waals surface area contributed by atoms with Crippen LogP contribution >= 0.6 is 0 Å². The van der Waals surface area contributed by atoms with E-state index in [0.717, 1.165) is 32.3 Å². The number of hydrogen-bond donors (Lipinski definition) is 2. The molecule has 1 fully saturated rings. The minimum atomic E-state index is -0.761. The third-order valence-electron chi connectivity index (χ3n) is 3.91. The van der Waals surface area contributed by atoms with E-state index in [1.807, 2.05) is 6.92 Å². The predicted octanol–water partition coefficient (Wildman–Crippen LogP) is 2.09. The maximum Gasteiger partial charge on any atom is 0.317 e. The van der Waals surface area contributed by atoms with E-state index < -0.39 is 5.97 Å². The normalized spacial score (nSPS) is 20.8. The highest BCUT2D eigenvalue weighted by atomic mass is 16.5. The number of carboxylic acids is 1. The van der Waals surface area contributed by atoms with Crippen molar-refractivity contribution in [2.75, 3.05) is 20.2 Å². The molecule has 0 aromatic rings. The van der Waals surface area contributed by atoms with Crippen LogP contribution in [0.3, 0.4) is 0 Å². The maximum absolute atomic E-state index is 12.0. The van der Waals surface area contributed by atoms with Crippen LogP contribution in [0.2, 0.25) is 0 Å². The van der Waals surface area contributed by atoms with E-state index in [0.29, 0.717) is 13.0 Å². The van der Waals surface area contributed by atoms with Gasteiger partial charge in [-0.05, 0) is 32.6 Å². The summed E-state index contributed by atoms with van der Waals surface area (Å²) < 4.78 is 5.52. The third kappa shape index (κ3) is 6.80. The zero-order valence-electron chi connectivity index (χ0n) is 13.3. The smallest absolute Gasteiger partial charge is 0.317 e. The molecule has 2 N–H and O–H groups in total. The molecule has 21 heavy (non-hydrogen) atoms. The van der Waals surface area contributed by atoms with Gasteiger partial charge in [-0.2, -0.15) is 0 Å². The van der Waals surface area contributed by atoms with Crippen LogP contribution in [0, 0.1) is 5.92 Å². The lowest BCUT2D eigenvalue weighted by Crippen LogP contribution is -2.44. The number of amides is 2. The fourth-order valence-electron chi connectivity index (χ4n) is 2.42. The molecule has 1 rings (SSSR count). The van der Waals surface area contributed by atoms with Crippen LogP contribution in [-0.4, -0.2) is 54.4 Å². The highest BCUT2D eigenvalue weighted by Gasteiger charge is 2.20. The second kappa shape index (κ2) is 8.87. The first-order chi connectivity index (χ1) is 9.90. The fraction of sp³-hybridized carbons (Fsp3) is 0.867. The van der Waals surface area contributed by atoms with Gasteiger partial charge in [0.25, 0.3) is 0 Å². The van der Waals surface area contributed by atoms with Gasteiger partial charge in [0.1, 0.15) is 0 Å². The van der Waals surface area contributed by atoms with Gasteiger partial charge in [0.15, 0.2) is 0 Å². The van der Waals surface area contributed by atoms with Crippen molar-refractivity contribution in [3.63, 3.8) is 0 Å². The van der Waals surface area contributed by atoms with E-state index in [1.54, 1.807) is 18.9 Å². The minimum Gasteiger partial charge on any atom is -0.481 e. The van der Waals surface area contributed by atoms with Gasteiger partial charge >= 0.3 is 12.0 Å². The van der Waals surface area contributed by atoms with Crippen LogP contribution in [0.4, 0.5) is 4.79 Å². The van der Waals surface area contributed by atoms with E-state index in [2.05, 4.69) is 5.32 Å². The molecule has 0 aliphatic carbocycles. The summed E-state index contributed by atoms with van der Waals surface area (Å²) in [6.07, 6.45) is 4.47. The molecular formula is C15H28N2O4. The maximum atomic E-state index is 12.0. The first-order valence-electron chi connectivity index (χ1n) is 7.76. The summed E-state index contributed by atoms with van der Waals surface area (Å²) in [5.74, 6) is -1.09. The lowest BCUT2D eigenvalue weighted by atomic mass is 10.0. The van der Waals surface area contributed by atoms with E-state index in [-0.39, 0.29) is 24.1 Å². The van der Waals surface area contributed by atoms with E-state index in [9.17, 15) is 9.59 Å². The minimum absolute atomic E-state index is 0.0467. The molecule has 1 aliphatic heterocycles. The van der Waals surface area contributed by atoms with Gasteiger partial charge in [-0.1, -0.05) is 13.3 Å². The number of rotatable bonds is 8. The molecule has 1 heterocycles. The molecule has 2 amide bonds. The van der Waals surface area contributed by atoms with Crippen molar-refractivity contribution in [2.24, 2.45) is 5.92 Å². The first-order valence-corrected chi connectivity index (χ1v) is 7.76.